The third-order valence-electron chi connectivity index (χ3n) is 7.23. The molecule has 3 saturated carbocycles. The van der Waals surface area contributed by atoms with Crippen LogP contribution in [-0.2, 0) is 16.6 Å². The number of aromatic nitrogens is 3. The van der Waals surface area contributed by atoms with Crippen molar-refractivity contribution < 1.29 is 18.3 Å². The van der Waals surface area contributed by atoms with Gasteiger partial charge in [0, 0.05) is 24.0 Å². The van der Waals surface area contributed by atoms with Crippen molar-refractivity contribution in [1.29, 1.82) is 0 Å². The summed E-state index contributed by atoms with van der Waals surface area (Å²) in [6.07, 6.45) is 5.20. The molecule has 0 saturated heterocycles. The van der Waals surface area contributed by atoms with Crippen molar-refractivity contribution in [3.8, 4) is 11.3 Å². The Bertz CT molecular complexity index is 1200. The van der Waals surface area contributed by atoms with Gasteiger partial charge in [-0.25, -0.2) is 18.4 Å². The minimum atomic E-state index is -0.455. The number of nitrogens with zero attached hydrogens (tertiary/aromatic N) is 3. The van der Waals surface area contributed by atoms with E-state index in [1.54, 1.807) is 24.7 Å². The quantitative estimate of drug-likeness (QED) is 0.600. The molecule has 3 fully saturated rings. The number of aryl methyl sites for hydroxylation is 2. The number of hydrogen-bond donors (Lipinski definition) is 1. The number of rotatable bonds is 4. The topological polar surface area (TPSA) is 69.0 Å². The SMILES string of the molecule is COC(=O)[C@@H]1C2CCC(CC2)C1Nc1cc(-c2nn(C)c3ncc(F)cc23)c(C)cc1F. The van der Waals surface area contributed by atoms with Gasteiger partial charge in [0.25, 0.3) is 0 Å². The number of fused-ring (bicyclic) bond motifs is 4. The van der Waals surface area contributed by atoms with E-state index in [-0.39, 0.29) is 29.7 Å². The number of anilines is 1. The van der Waals surface area contributed by atoms with Crippen LogP contribution in [0, 0.1) is 36.3 Å². The minimum absolute atomic E-state index is 0.181. The summed E-state index contributed by atoms with van der Waals surface area (Å²) in [6, 6.07) is 4.39. The summed E-state index contributed by atoms with van der Waals surface area (Å²) in [6.45, 7) is 1.80. The zero-order chi connectivity index (χ0) is 22.6. The third-order valence-corrected chi connectivity index (χ3v) is 7.23. The van der Waals surface area contributed by atoms with Crippen molar-refractivity contribution >= 4 is 22.7 Å². The van der Waals surface area contributed by atoms with Gasteiger partial charge in [-0.2, -0.15) is 5.10 Å². The molecule has 1 aromatic carbocycles. The molecule has 0 aliphatic heterocycles. The van der Waals surface area contributed by atoms with Gasteiger partial charge >= 0.3 is 5.97 Å². The van der Waals surface area contributed by atoms with E-state index in [0.29, 0.717) is 39.5 Å². The summed E-state index contributed by atoms with van der Waals surface area (Å²) in [5.74, 6) is -0.814. The Balaban J connectivity index is 1.57. The molecule has 32 heavy (non-hydrogen) atoms. The predicted molar refractivity (Wildman–Crippen MR) is 117 cm³/mol. The van der Waals surface area contributed by atoms with Gasteiger partial charge in [-0.3, -0.25) is 4.79 Å². The lowest BCUT2D eigenvalue weighted by Gasteiger charge is -2.47. The highest BCUT2D eigenvalue weighted by Crippen LogP contribution is 2.47. The van der Waals surface area contributed by atoms with Crippen LogP contribution in [0.2, 0.25) is 0 Å². The lowest BCUT2D eigenvalue weighted by molar-refractivity contribution is -0.152. The first kappa shape index (κ1) is 20.8. The van der Waals surface area contributed by atoms with Crippen LogP contribution in [0.1, 0.15) is 31.2 Å². The van der Waals surface area contributed by atoms with Gasteiger partial charge in [0.2, 0.25) is 0 Å². The molecule has 6 nitrogen and oxygen atoms in total. The van der Waals surface area contributed by atoms with Crippen LogP contribution in [0.4, 0.5) is 14.5 Å². The first-order chi connectivity index (χ1) is 15.4. The second-order valence-corrected chi connectivity index (χ2v) is 9.04. The number of pyridine rings is 1. The molecule has 168 valence electrons. The van der Waals surface area contributed by atoms with E-state index in [2.05, 4.69) is 15.4 Å². The number of benzene rings is 1. The van der Waals surface area contributed by atoms with Crippen LogP contribution in [0.3, 0.4) is 0 Å². The summed E-state index contributed by atoms with van der Waals surface area (Å²) in [4.78, 5) is 16.7. The number of methoxy groups -OCH3 is 1. The molecule has 3 aliphatic carbocycles. The van der Waals surface area contributed by atoms with Crippen molar-refractivity contribution in [2.24, 2.45) is 24.8 Å². The van der Waals surface area contributed by atoms with Crippen LogP contribution in [-0.4, -0.2) is 33.9 Å². The molecule has 8 heteroatoms. The van der Waals surface area contributed by atoms with E-state index in [9.17, 15) is 9.18 Å². The van der Waals surface area contributed by atoms with Gasteiger partial charge in [0.05, 0.1) is 24.9 Å². The molecular formula is C24H26F2N4O2. The largest absolute Gasteiger partial charge is 0.469 e. The van der Waals surface area contributed by atoms with E-state index in [4.69, 9.17) is 4.74 Å². The molecule has 3 aliphatic rings. The number of carbonyl (C=O) groups excluding carboxylic acids is 1. The molecule has 2 bridgehead atoms. The highest BCUT2D eigenvalue weighted by Gasteiger charge is 2.48. The Morgan fingerprint density at radius 1 is 1.16 bits per heavy atom. The van der Waals surface area contributed by atoms with Crippen molar-refractivity contribution in [3.63, 3.8) is 0 Å². The van der Waals surface area contributed by atoms with Gasteiger partial charge in [-0.1, -0.05) is 0 Å². The fourth-order valence-electron chi connectivity index (χ4n) is 5.66. The molecule has 2 heterocycles. The first-order valence-corrected chi connectivity index (χ1v) is 11.0. The predicted octanol–water partition coefficient (Wildman–Crippen LogP) is 4.61. The highest BCUT2D eigenvalue weighted by molar-refractivity contribution is 5.92. The first-order valence-electron chi connectivity index (χ1n) is 11.0. The third kappa shape index (κ3) is 3.32. The van der Waals surface area contributed by atoms with Crippen LogP contribution < -0.4 is 5.32 Å². The van der Waals surface area contributed by atoms with Gasteiger partial charge in [0.1, 0.15) is 17.3 Å². The Morgan fingerprint density at radius 2 is 1.88 bits per heavy atom. The van der Waals surface area contributed by atoms with Crippen molar-refractivity contribution in [2.75, 3.05) is 12.4 Å². The normalized spacial score (nSPS) is 24.7. The Hall–Kier alpha value is -3.03. The molecule has 2 aromatic heterocycles. The summed E-state index contributed by atoms with van der Waals surface area (Å²) >= 11 is 0. The summed E-state index contributed by atoms with van der Waals surface area (Å²) in [5.41, 5.74) is 2.80. The van der Waals surface area contributed by atoms with E-state index >= 15 is 4.39 Å². The van der Waals surface area contributed by atoms with Gasteiger partial charge in [-0.05, 0) is 68.2 Å². The molecule has 1 unspecified atom stereocenters. The van der Waals surface area contributed by atoms with Crippen molar-refractivity contribution in [3.05, 3.63) is 41.6 Å². The molecule has 0 radical (unpaired) electrons. The Kier molecular flexibility index (Phi) is 5.10. The van der Waals surface area contributed by atoms with Crippen molar-refractivity contribution in [1.82, 2.24) is 14.8 Å². The molecule has 3 aromatic rings. The number of esters is 1. The lowest BCUT2D eigenvalue weighted by Crippen LogP contribution is -2.51. The fourth-order valence-corrected chi connectivity index (χ4v) is 5.66. The zero-order valence-electron chi connectivity index (χ0n) is 18.4. The number of halogens is 2. The van der Waals surface area contributed by atoms with E-state index in [0.717, 1.165) is 31.9 Å². The Labute approximate surface area is 185 Å². The average molecular weight is 440 g/mol. The summed E-state index contributed by atoms with van der Waals surface area (Å²) in [7, 11) is 3.15. The maximum atomic E-state index is 15.1. The smallest absolute Gasteiger partial charge is 0.311 e. The van der Waals surface area contributed by atoms with Gasteiger partial charge in [0.15, 0.2) is 5.65 Å². The highest BCUT2D eigenvalue weighted by atomic mass is 19.1. The second-order valence-electron chi connectivity index (χ2n) is 9.04. The summed E-state index contributed by atoms with van der Waals surface area (Å²) in [5, 5.41) is 8.45. The van der Waals surface area contributed by atoms with E-state index in [1.807, 2.05) is 0 Å². The van der Waals surface area contributed by atoms with Crippen LogP contribution in [0.5, 0.6) is 0 Å². The van der Waals surface area contributed by atoms with Gasteiger partial charge in [-0.15, -0.1) is 0 Å². The van der Waals surface area contributed by atoms with E-state index in [1.165, 1.54) is 19.2 Å². The maximum absolute atomic E-state index is 15.1. The average Bonchev–Trinajstić information content (AvgIpc) is 3.11. The number of ether oxygens (including phenoxy) is 1. The van der Waals surface area contributed by atoms with Gasteiger partial charge < -0.3 is 10.1 Å². The van der Waals surface area contributed by atoms with Crippen LogP contribution >= 0.6 is 0 Å². The zero-order valence-corrected chi connectivity index (χ0v) is 18.4. The number of nitrogens with one attached hydrogen (secondary N) is 1. The maximum Gasteiger partial charge on any atom is 0.311 e. The number of carbonyl (C=O) groups is 1. The lowest BCUT2D eigenvalue weighted by atomic mass is 9.61. The van der Waals surface area contributed by atoms with E-state index < -0.39 is 5.82 Å². The molecule has 0 spiro atoms. The molecule has 0 amide bonds. The minimum Gasteiger partial charge on any atom is -0.469 e. The van der Waals surface area contributed by atoms with Crippen molar-refractivity contribution in [2.45, 2.75) is 38.6 Å². The standard InChI is InChI=1S/C24H26F2N4O2/c1-12-8-18(26)19(28-21-14-6-4-13(5-7-14)20(21)24(31)32-3)10-16(12)22-17-9-15(25)11-27-23(17)30(2)29-22/h8-11,13-14,20-21,28H,4-7H2,1-3H3/t13?,14?,20-,21?/m1/s1. The number of hydrogen-bond acceptors (Lipinski definition) is 5. The molecule has 1 N–H and O–H groups in total. The monoisotopic (exact) mass is 440 g/mol. The van der Waals surface area contributed by atoms with Crippen LogP contribution in [0.25, 0.3) is 22.3 Å². The molecule has 6 rings (SSSR count). The molecular weight excluding hydrogens is 414 g/mol. The van der Waals surface area contributed by atoms with Crippen LogP contribution in [0.15, 0.2) is 24.4 Å². The Morgan fingerprint density at radius 3 is 2.59 bits per heavy atom. The second kappa shape index (κ2) is 7.83. The molecule has 2 atom stereocenters. The summed E-state index contributed by atoms with van der Waals surface area (Å²) < 4.78 is 35.7. The fraction of sp³-hybridized carbons (Fsp3) is 0.458.